The maximum atomic E-state index is 4.44. The Morgan fingerprint density at radius 2 is 1.82 bits per heavy atom. The van der Waals surface area contributed by atoms with Crippen LogP contribution in [0.3, 0.4) is 0 Å². The van der Waals surface area contributed by atoms with E-state index in [9.17, 15) is 0 Å². The fourth-order valence-electron chi connectivity index (χ4n) is 3.07. The summed E-state index contributed by atoms with van der Waals surface area (Å²) in [6, 6.07) is 12.9. The lowest BCUT2D eigenvalue weighted by atomic mass is 9.90. The number of nitrogens with zero attached hydrogens (tertiary/aromatic N) is 4. The van der Waals surface area contributed by atoms with Crippen molar-refractivity contribution in [3.05, 3.63) is 48.3 Å². The Bertz CT molecular complexity index is 589. The predicted molar refractivity (Wildman–Crippen MR) is 91.4 cm³/mol. The van der Waals surface area contributed by atoms with Crippen molar-refractivity contribution in [3.8, 4) is 0 Å². The average Bonchev–Trinajstić information content (AvgIpc) is 2.56. The Hall–Kier alpha value is -2.10. The fourth-order valence-corrected chi connectivity index (χ4v) is 3.07. The van der Waals surface area contributed by atoms with Gasteiger partial charge in [-0.3, -0.25) is 0 Å². The Morgan fingerprint density at radius 3 is 2.50 bits per heavy atom. The van der Waals surface area contributed by atoms with Gasteiger partial charge in [0.2, 0.25) is 0 Å². The lowest BCUT2D eigenvalue weighted by molar-refractivity contribution is 0.402. The first-order valence-corrected chi connectivity index (χ1v) is 8.00. The summed E-state index contributed by atoms with van der Waals surface area (Å²) < 4.78 is 0. The summed E-state index contributed by atoms with van der Waals surface area (Å²) in [5, 5.41) is 0. The summed E-state index contributed by atoms with van der Waals surface area (Å²) in [5.41, 5.74) is 1.46. The first-order valence-electron chi connectivity index (χ1n) is 8.00. The van der Waals surface area contributed by atoms with Gasteiger partial charge in [0.1, 0.15) is 18.0 Å². The van der Waals surface area contributed by atoms with Crippen molar-refractivity contribution in [2.24, 2.45) is 5.92 Å². The van der Waals surface area contributed by atoms with Crippen LogP contribution < -0.4 is 9.80 Å². The predicted octanol–water partition coefficient (Wildman–Crippen LogP) is 3.00. The fraction of sp³-hybridized carbons (Fsp3) is 0.444. The van der Waals surface area contributed by atoms with E-state index < -0.39 is 0 Å². The van der Waals surface area contributed by atoms with Gasteiger partial charge in [-0.25, -0.2) is 9.97 Å². The standard InChI is InChI=1S/C18H24N4/c1-21(2)17-13-18(20-14-19-17)22-10-8-16(9-11-22)12-15-6-4-3-5-7-15/h3-7,13-14,16H,8-12H2,1-2H3. The minimum Gasteiger partial charge on any atom is -0.363 e. The van der Waals surface area contributed by atoms with Gasteiger partial charge in [0.05, 0.1) is 0 Å². The molecule has 4 nitrogen and oxygen atoms in total. The molecule has 0 bridgehead atoms. The molecule has 0 spiro atoms. The molecule has 4 heteroatoms. The van der Waals surface area contributed by atoms with Crippen LogP contribution in [0.2, 0.25) is 0 Å². The molecule has 1 aliphatic heterocycles. The van der Waals surface area contributed by atoms with Crippen LogP contribution >= 0.6 is 0 Å². The molecule has 0 atom stereocenters. The second kappa shape index (κ2) is 6.77. The number of anilines is 2. The summed E-state index contributed by atoms with van der Waals surface area (Å²) in [6.45, 7) is 2.17. The zero-order valence-corrected chi connectivity index (χ0v) is 13.4. The minimum atomic E-state index is 0.786. The molecule has 1 aromatic carbocycles. The van der Waals surface area contributed by atoms with Crippen LogP contribution in [0.15, 0.2) is 42.7 Å². The lowest BCUT2D eigenvalue weighted by Crippen LogP contribution is -2.35. The lowest BCUT2D eigenvalue weighted by Gasteiger charge is -2.33. The Morgan fingerprint density at radius 1 is 1.09 bits per heavy atom. The highest BCUT2D eigenvalue weighted by atomic mass is 15.2. The van der Waals surface area contributed by atoms with Crippen LogP contribution in [-0.4, -0.2) is 37.2 Å². The molecule has 2 aromatic rings. The number of hydrogen-bond donors (Lipinski definition) is 0. The van der Waals surface area contributed by atoms with Crippen LogP contribution in [0.25, 0.3) is 0 Å². The smallest absolute Gasteiger partial charge is 0.134 e. The van der Waals surface area contributed by atoms with Gasteiger partial charge in [0.25, 0.3) is 0 Å². The maximum Gasteiger partial charge on any atom is 0.134 e. The number of rotatable bonds is 4. The molecule has 0 radical (unpaired) electrons. The number of benzene rings is 1. The summed E-state index contributed by atoms with van der Waals surface area (Å²) in [7, 11) is 4.02. The van der Waals surface area contributed by atoms with Crippen LogP contribution in [-0.2, 0) is 6.42 Å². The Balaban J connectivity index is 1.58. The van der Waals surface area contributed by atoms with Crippen molar-refractivity contribution in [1.82, 2.24) is 9.97 Å². The minimum absolute atomic E-state index is 0.786. The molecule has 0 amide bonds. The normalized spacial score (nSPS) is 15.8. The maximum absolute atomic E-state index is 4.44. The molecule has 1 fully saturated rings. The van der Waals surface area contributed by atoms with Crippen LogP contribution in [0.1, 0.15) is 18.4 Å². The molecule has 22 heavy (non-hydrogen) atoms. The van der Waals surface area contributed by atoms with Gasteiger partial charge in [0, 0.05) is 33.3 Å². The molecule has 116 valence electrons. The van der Waals surface area contributed by atoms with E-state index in [0.717, 1.165) is 30.6 Å². The van der Waals surface area contributed by atoms with Crippen molar-refractivity contribution >= 4 is 11.6 Å². The molecule has 0 saturated carbocycles. The van der Waals surface area contributed by atoms with E-state index in [2.05, 4.69) is 51.3 Å². The quantitative estimate of drug-likeness (QED) is 0.868. The van der Waals surface area contributed by atoms with E-state index in [0.29, 0.717) is 0 Å². The van der Waals surface area contributed by atoms with E-state index in [-0.39, 0.29) is 0 Å². The molecular formula is C18H24N4. The Labute approximate surface area is 132 Å². The van der Waals surface area contributed by atoms with Gasteiger partial charge >= 0.3 is 0 Å². The molecule has 0 N–H and O–H groups in total. The van der Waals surface area contributed by atoms with Crippen molar-refractivity contribution in [1.29, 1.82) is 0 Å². The highest BCUT2D eigenvalue weighted by molar-refractivity contribution is 5.49. The van der Waals surface area contributed by atoms with E-state index in [1.54, 1.807) is 6.33 Å². The van der Waals surface area contributed by atoms with E-state index >= 15 is 0 Å². The SMILES string of the molecule is CN(C)c1cc(N2CCC(Cc3ccccc3)CC2)ncn1. The third kappa shape index (κ3) is 3.56. The molecule has 1 aromatic heterocycles. The monoisotopic (exact) mass is 296 g/mol. The molecule has 1 aliphatic rings. The van der Waals surface area contributed by atoms with Crippen LogP contribution in [0, 0.1) is 5.92 Å². The van der Waals surface area contributed by atoms with Gasteiger partial charge in [-0.15, -0.1) is 0 Å². The van der Waals surface area contributed by atoms with Gasteiger partial charge in [-0.05, 0) is 30.7 Å². The molecule has 3 rings (SSSR count). The highest BCUT2D eigenvalue weighted by Gasteiger charge is 2.20. The van der Waals surface area contributed by atoms with E-state index in [1.807, 2.05) is 19.0 Å². The zero-order chi connectivity index (χ0) is 15.4. The zero-order valence-electron chi connectivity index (χ0n) is 13.4. The molecule has 2 heterocycles. The molecule has 1 saturated heterocycles. The number of piperidine rings is 1. The van der Waals surface area contributed by atoms with Crippen molar-refractivity contribution in [3.63, 3.8) is 0 Å². The third-order valence-electron chi connectivity index (χ3n) is 4.40. The van der Waals surface area contributed by atoms with Crippen LogP contribution in [0.5, 0.6) is 0 Å². The molecular weight excluding hydrogens is 272 g/mol. The first-order chi connectivity index (χ1) is 10.7. The summed E-state index contributed by atoms with van der Waals surface area (Å²) in [6.07, 6.45) is 5.33. The van der Waals surface area contributed by atoms with Crippen molar-refractivity contribution in [2.75, 3.05) is 37.0 Å². The van der Waals surface area contributed by atoms with E-state index in [4.69, 9.17) is 0 Å². The summed E-state index contributed by atoms with van der Waals surface area (Å²) in [5.74, 6) is 2.81. The van der Waals surface area contributed by atoms with Crippen molar-refractivity contribution in [2.45, 2.75) is 19.3 Å². The van der Waals surface area contributed by atoms with Crippen LogP contribution in [0.4, 0.5) is 11.6 Å². The number of hydrogen-bond acceptors (Lipinski definition) is 4. The van der Waals surface area contributed by atoms with Gasteiger partial charge in [-0.2, -0.15) is 0 Å². The summed E-state index contributed by atoms with van der Waals surface area (Å²) >= 11 is 0. The highest BCUT2D eigenvalue weighted by Crippen LogP contribution is 2.25. The van der Waals surface area contributed by atoms with Gasteiger partial charge < -0.3 is 9.80 Å². The largest absolute Gasteiger partial charge is 0.363 e. The third-order valence-corrected chi connectivity index (χ3v) is 4.40. The summed E-state index contributed by atoms with van der Waals surface area (Å²) in [4.78, 5) is 13.1. The first kappa shape index (κ1) is 14.8. The molecule has 0 unspecified atom stereocenters. The second-order valence-corrected chi connectivity index (χ2v) is 6.25. The van der Waals surface area contributed by atoms with Crippen molar-refractivity contribution < 1.29 is 0 Å². The van der Waals surface area contributed by atoms with Gasteiger partial charge in [-0.1, -0.05) is 30.3 Å². The van der Waals surface area contributed by atoms with E-state index in [1.165, 1.54) is 24.8 Å². The Kier molecular flexibility index (Phi) is 4.56. The topological polar surface area (TPSA) is 32.3 Å². The number of aromatic nitrogens is 2. The second-order valence-electron chi connectivity index (χ2n) is 6.25. The average molecular weight is 296 g/mol. The van der Waals surface area contributed by atoms with Gasteiger partial charge in [0.15, 0.2) is 0 Å². The molecule has 0 aliphatic carbocycles.